The molecule has 1 aromatic carbocycles. The molecule has 0 heterocycles. The summed E-state index contributed by atoms with van der Waals surface area (Å²) in [5, 5.41) is 0. The van der Waals surface area contributed by atoms with Crippen LogP contribution in [0.3, 0.4) is 0 Å². The normalized spacial score (nSPS) is 11.8. The van der Waals surface area contributed by atoms with Gasteiger partial charge in [0.1, 0.15) is 5.82 Å². The van der Waals surface area contributed by atoms with E-state index in [1.165, 1.54) is 5.56 Å². The van der Waals surface area contributed by atoms with Crippen LogP contribution in [0.2, 0.25) is 0 Å². The maximum atomic E-state index is 13.0. The molecule has 0 saturated heterocycles. The smallest absolute Gasteiger partial charge is 0.123 e. The van der Waals surface area contributed by atoms with Crippen molar-refractivity contribution in [1.82, 2.24) is 14.7 Å². The molecule has 0 aliphatic heterocycles. The Balaban J connectivity index is 2.47. The van der Waals surface area contributed by atoms with Gasteiger partial charge in [-0.05, 0) is 84.9 Å². The molecule has 120 valence electrons. The lowest BCUT2D eigenvalue weighted by Gasteiger charge is -2.24. The molecule has 3 nitrogen and oxygen atoms in total. The highest BCUT2D eigenvalue weighted by molar-refractivity contribution is 5.15. The predicted molar refractivity (Wildman–Crippen MR) is 88.0 cm³/mol. The molecule has 1 rings (SSSR count). The summed E-state index contributed by atoms with van der Waals surface area (Å²) in [6.45, 7) is 5.29. The fourth-order valence-electron chi connectivity index (χ4n) is 2.34. The van der Waals surface area contributed by atoms with E-state index in [2.05, 4.69) is 42.9 Å². The first-order valence-corrected chi connectivity index (χ1v) is 7.73. The van der Waals surface area contributed by atoms with Gasteiger partial charge in [-0.15, -0.1) is 0 Å². The van der Waals surface area contributed by atoms with Crippen molar-refractivity contribution in [2.75, 3.05) is 54.4 Å². The summed E-state index contributed by atoms with van der Waals surface area (Å²) in [5.74, 6) is -0.162. The van der Waals surface area contributed by atoms with Crippen molar-refractivity contribution in [3.8, 4) is 0 Å². The van der Waals surface area contributed by atoms with Gasteiger partial charge < -0.3 is 9.80 Å². The molecular formula is C17H30FN3. The van der Waals surface area contributed by atoms with Gasteiger partial charge in [-0.2, -0.15) is 0 Å². The highest BCUT2D eigenvalue weighted by Crippen LogP contribution is 2.08. The van der Waals surface area contributed by atoms with Crippen LogP contribution in [0.15, 0.2) is 24.3 Å². The maximum Gasteiger partial charge on any atom is 0.123 e. The molecule has 0 N–H and O–H groups in total. The van der Waals surface area contributed by atoms with Crippen molar-refractivity contribution in [2.45, 2.75) is 19.4 Å². The summed E-state index contributed by atoms with van der Waals surface area (Å²) in [6.07, 6.45) is 2.33. The highest BCUT2D eigenvalue weighted by Gasteiger charge is 2.07. The monoisotopic (exact) mass is 295 g/mol. The molecule has 0 radical (unpaired) electrons. The minimum atomic E-state index is -0.162. The summed E-state index contributed by atoms with van der Waals surface area (Å²) < 4.78 is 13.0. The number of halogens is 1. The van der Waals surface area contributed by atoms with Crippen LogP contribution in [0.1, 0.15) is 18.4 Å². The van der Waals surface area contributed by atoms with E-state index in [1.807, 2.05) is 12.1 Å². The Morgan fingerprint density at radius 1 is 0.762 bits per heavy atom. The van der Waals surface area contributed by atoms with Gasteiger partial charge in [0.2, 0.25) is 0 Å². The van der Waals surface area contributed by atoms with Crippen LogP contribution in [0.5, 0.6) is 0 Å². The third kappa shape index (κ3) is 8.81. The Morgan fingerprint density at radius 3 is 1.67 bits per heavy atom. The van der Waals surface area contributed by atoms with Crippen LogP contribution in [0.4, 0.5) is 4.39 Å². The number of benzene rings is 1. The molecule has 0 amide bonds. The Kier molecular flexibility index (Phi) is 8.50. The number of hydrogen-bond acceptors (Lipinski definition) is 3. The molecule has 0 spiro atoms. The third-order valence-corrected chi connectivity index (χ3v) is 3.48. The average molecular weight is 295 g/mol. The Hall–Kier alpha value is -0.970. The van der Waals surface area contributed by atoms with E-state index in [4.69, 9.17) is 0 Å². The van der Waals surface area contributed by atoms with E-state index in [0.717, 1.165) is 45.6 Å². The summed E-state index contributed by atoms with van der Waals surface area (Å²) in [5.41, 5.74) is 1.19. The molecule has 0 aromatic heterocycles. The largest absolute Gasteiger partial charge is 0.309 e. The van der Waals surface area contributed by atoms with Crippen molar-refractivity contribution in [2.24, 2.45) is 0 Å². The molecule has 0 bridgehead atoms. The Bertz CT molecular complexity index is 362. The predicted octanol–water partition coefficient (Wildman–Crippen LogP) is 2.53. The lowest BCUT2D eigenvalue weighted by atomic mass is 10.2. The first-order chi connectivity index (χ1) is 9.97. The quantitative estimate of drug-likeness (QED) is 0.657. The first-order valence-electron chi connectivity index (χ1n) is 7.73. The summed E-state index contributed by atoms with van der Waals surface area (Å²) >= 11 is 0. The van der Waals surface area contributed by atoms with Gasteiger partial charge in [0, 0.05) is 6.54 Å². The zero-order valence-electron chi connectivity index (χ0n) is 14.0. The fraction of sp³-hybridized carbons (Fsp3) is 0.647. The lowest BCUT2D eigenvalue weighted by molar-refractivity contribution is 0.234. The van der Waals surface area contributed by atoms with Gasteiger partial charge in [-0.3, -0.25) is 4.90 Å². The number of hydrogen-bond donors (Lipinski definition) is 0. The molecule has 1 aromatic rings. The van der Waals surface area contributed by atoms with E-state index in [1.54, 1.807) is 12.1 Å². The standard InChI is InChI=1S/C17H30FN3/c1-19(2)11-5-13-21(14-6-12-20(3)4)15-16-7-9-17(18)10-8-16/h7-10H,5-6,11-15H2,1-4H3. The van der Waals surface area contributed by atoms with E-state index in [-0.39, 0.29) is 5.82 Å². The maximum absolute atomic E-state index is 13.0. The molecule has 0 fully saturated rings. The Labute approximate surface area is 129 Å². The number of rotatable bonds is 10. The van der Waals surface area contributed by atoms with Crippen LogP contribution in [0, 0.1) is 5.82 Å². The summed E-state index contributed by atoms with van der Waals surface area (Å²) in [7, 11) is 8.43. The molecule has 4 heteroatoms. The Morgan fingerprint density at radius 2 is 1.24 bits per heavy atom. The third-order valence-electron chi connectivity index (χ3n) is 3.48. The second-order valence-corrected chi connectivity index (χ2v) is 6.22. The van der Waals surface area contributed by atoms with Gasteiger partial charge in [0.15, 0.2) is 0 Å². The van der Waals surface area contributed by atoms with Gasteiger partial charge in [-0.1, -0.05) is 12.1 Å². The van der Waals surface area contributed by atoms with Crippen molar-refractivity contribution < 1.29 is 4.39 Å². The van der Waals surface area contributed by atoms with Crippen molar-refractivity contribution in [3.05, 3.63) is 35.6 Å². The van der Waals surface area contributed by atoms with E-state index >= 15 is 0 Å². The minimum Gasteiger partial charge on any atom is -0.309 e. The molecule has 0 aliphatic rings. The van der Waals surface area contributed by atoms with Gasteiger partial charge in [0.05, 0.1) is 0 Å². The van der Waals surface area contributed by atoms with Crippen LogP contribution in [0.25, 0.3) is 0 Å². The lowest BCUT2D eigenvalue weighted by Crippen LogP contribution is -2.30. The first kappa shape index (κ1) is 18.1. The molecule has 0 atom stereocenters. The molecule has 21 heavy (non-hydrogen) atoms. The second-order valence-electron chi connectivity index (χ2n) is 6.22. The van der Waals surface area contributed by atoms with Crippen LogP contribution in [-0.4, -0.2) is 69.1 Å². The minimum absolute atomic E-state index is 0.162. The van der Waals surface area contributed by atoms with Crippen LogP contribution < -0.4 is 0 Å². The van der Waals surface area contributed by atoms with Gasteiger partial charge in [-0.25, -0.2) is 4.39 Å². The van der Waals surface area contributed by atoms with Gasteiger partial charge >= 0.3 is 0 Å². The fourth-order valence-corrected chi connectivity index (χ4v) is 2.34. The van der Waals surface area contributed by atoms with E-state index in [0.29, 0.717) is 0 Å². The zero-order valence-corrected chi connectivity index (χ0v) is 14.0. The summed E-state index contributed by atoms with van der Waals surface area (Å²) in [6, 6.07) is 6.88. The topological polar surface area (TPSA) is 9.72 Å². The number of nitrogens with zero attached hydrogens (tertiary/aromatic N) is 3. The van der Waals surface area contributed by atoms with Crippen LogP contribution in [-0.2, 0) is 6.54 Å². The van der Waals surface area contributed by atoms with Crippen molar-refractivity contribution in [1.29, 1.82) is 0 Å². The second kappa shape index (κ2) is 9.87. The van der Waals surface area contributed by atoms with Crippen molar-refractivity contribution >= 4 is 0 Å². The molecular weight excluding hydrogens is 265 g/mol. The SMILES string of the molecule is CN(C)CCCN(CCCN(C)C)Cc1ccc(F)cc1. The highest BCUT2D eigenvalue weighted by atomic mass is 19.1. The molecule has 0 aliphatic carbocycles. The summed E-state index contributed by atoms with van der Waals surface area (Å²) in [4.78, 5) is 6.91. The average Bonchev–Trinajstić information content (AvgIpc) is 2.40. The molecule has 0 unspecified atom stereocenters. The van der Waals surface area contributed by atoms with Crippen molar-refractivity contribution in [3.63, 3.8) is 0 Å². The molecule has 0 saturated carbocycles. The van der Waals surface area contributed by atoms with Crippen LogP contribution >= 0.6 is 0 Å². The van der Waals surface area contributed by atoms with E-state index < -0.39 is 0 Å². The van der Waals surface area contributed by atoms with Gasteiger partial charge in [0.25, 0.3) is 0 Å². The zero-order chi connectivity index (χ0) is 15.7. The van der Waals surface area contributed by atoms with E-state index in [9.17, 15) is 4.39 Å².